The molecule has 4 nitrogen and oxygen atoms in total. The zero-order chi connectivity index (χ0) is 16.4. The second-order valence-electron chi connectivity index (χ2n) is 6.80. The molecule has 0 atom stereocenters. The van der Waals surface area contributed by atoms with Crippen LogP contribution in [-0.4, -0.2) is 23.0 Å². The number of hydrogen-bond acceptors (Lipinski definition) is 2. The Labute approximate surface area is 144 Å². The SMILES string of the molecule is O=C(O)C1CCC(NC(=O)C2(c3ccc(Br)cc3)CCC2)CC1. The zero-order valence-corrected chi connectivity index (χ0v) is 14.6. The molecule has 1 aromatic rings. The normalized spacial score (nSPS) is 26.1. The maximum Gasteiger partial charge on any atom is 0.306 e. The van der Waals surface area contributed by atoms with Crippen LogP contribution in [-0.2, 0) is 15.0 Å². The lowest BCUT2D eigenvalue weighted by molar-refractivity contribution is -0.142. The number of carbonyl (C=O) groups excluding carboxylic acids is 1. The fourth-order valence-electron chi connectivity index (χ4n) is 3.75. The Morgan fingerprint density at radius 3 is 2.17 bits per heavy atom. The van der Waals surface area contributed by atoms with Crippen molar-refractivity contribution in [1.82, 2.24) is 5.32 Å². The second kappa shape index (κ2) is 6.63. The van der Waals surface area contributed by atoms with E-state index in [0.29, 0.717) is 12.8 Å². The van der Waals surface area contributed by atoms with Crippen LogP contribution in [0.15, 0.2) is 28.7 Å². The second-order valence-corrected chi connectivity index (χ2v) is 7.72. The molecule has 0 bridgehead atoms. The molecule has 23 heavy (non-hydrogen) atoms. The summed E-state index contributed by atoms with van der Waals surface area (Å²) in [6.45, 7) is 0. The van der Waals surface area contributed by atoms with Crippen molar-refractivity contribution in [2.45, 2.75) is 56.4 Å². The fraction of sp³-hybridized carbons (Fsp3) is 0.556. The molecular formula is C18H22BrNO3. The minimum atomic E-state index is -0.708. The Kier molecular flexibility index (Phi) is 4.76. The predicted molar refractivity (Wildman–Crippen MR) is 91.2 cm³/mol. The number of amides is 1. The third kappa shape index (κ3) is 3.30. The summed E-state index contributed by atoms with van der Waals surface area (Å²) >= 11 is 3.44. The van der Waals surface area contributed by atoms with Gasteiger partial charge in [0.2, 0.25) is 5.91 Å². The Bertz CT molecular complexity index is 587. The van der Waals surface area contributed by atoms with Gasteiger partial charge >= 0.3 is 5.97 Å². The average molecular weight is 380 g/mol. The highest BCUT2D eigenvalue weighted by molar-refractivity contribution is 9.10. The van der Waals surface area contributed by atoms with Gasteiger partial charge in [-0.2, -0.15) is 0 Å². The number of nitrogens with one attached hydrogen (secondary N) is 1. The van der Waals surface area contributed by atoms with Gasteiger partial charge in [-0.15, -0.1) is 0 Å². The number of benzene rings is 1. The van der Waals surface area contributed by atoms with Crippen LogP contribution >= 0.6 is 15.9 Å². The first-order valence-corrected chi connectivity index (χ1v) is 9.10. The Hall–Kier alpha value is -1.36. The summed E-state index contributed by atoms with van der Waals surface area (Å²) in [5.41, 5.74) is 0.702. The minimum Gasteiger partial charge on any atom is -0.481 e. The lowest BCUT2D eigenvalue weighted by Gasteiger charge is -2.42. The highest BCUT2D eigenvalue weighted by atomic mass is 79.9. The first kappa shape index (κ1) is 16.5. The van der Waals surface area contributed by atoms with E-state index in [0.717, 1.165) is 42.1 Å². The number of carbonyl (C=O) groups is 2. The van der Waals surface area contributed by atoms with E-state index in [1.165, 1.54) is 0 Å². The smallest absolute Gasteiger partial charge is 0.306 e. The molecule has 3 rings (SSSR count). The van der Waals surface area contributed by atoms with Crippen molar-refractivity contribution in [2.75, 3.05) is 0 Å². The molecule has 2 saturated carbocycles. The van der Waals surface area contributed by atoms with Gasteiger partial charge in [0.15, 0.2) is 0 Å². The van der Waals surface area contributed by atoms with Gasteiger partial charge in [-0.1, -0.05) is 34.5 Å². The molecule has 0 heterocycles. The Morgan fingerprint density at radius 1 is 1.09 bits per heavy atom. The number of rotatable bonds is 4. The monoisotopic (exact) mass is 379 g/mol. The van der Waals surface area contributed by atoms with Crippen molar-refractivity contribution in [3.05, 3.63) is 34.3 Å². The summed E-state index contributed by atoms with van der Waals surface area (Å²) in [5.74, 6) is -0.836. The first-order chi connectivity index (χ1) is 11.0. The van der Waals surface area contributed by atoms with Crippen LogP contribution in [0.1, 0.15) is 50.5 Å². The highest BCUT2D eigenvalue weighted by Crippen LogP contribution is 2.44. The van der Waals surface area contributed by atoms with Crippen LogP contribution in [0.4, 0.5) is 0 Å². The molecule has 0 unspecified atom stereocenters. The van der Waals surface area contributed by atoms with Crippen LogP contribution in [0.5, 0.6) is 0 Å². The van der Waals surface area contributed by atoms with E-state index in [4.69, 9.17) is 5.11 Å². The molecule has 5 heteroatoms. The van der Waals surface area contributed by atoms with Crippen LogP contribution in [0.2, 0.25) is 0 Å². The number of aliphatic carboxylic acids is 1. The maximum atomic E-state index is 12.9. The van der Waals surface area contributed by atoms with Crippen molar-refractivity contribution >= 4 is 27.8 Å². The van der Waals surface area contributed by atoms with E-state index >= 15 is 0 Å². The zero-order valence-electron chi connectivity index (χ0n) is 13.1. The summed E-state index contributed by atoms with van der Waals surface area (Å²) in [5, 5.41) is 12.3. The molecule has 2 fully saturated rings. The number of carboxylic acids is 1. The standard InChI is InChI=1S/C18H22BrNO3/c19-14-6-4-13(5-7-14)18(10-1-11-18)17(23)20-15-8-2-12(3-9-15)16(21)22/h4-7,12,15H,1-3,8-11H2,(H,20,23)(H,21,22). The van der Waals surface area contributed by atoms with Crippen LogP contribution in [0.25, 0.3) is 0 Å². The molecule has 0 aromatic heterocycles. The van der Waals surface area contributed by atoms with Crippen molar-refractivity contribution in [2.24, 2.45) is 5.92 Å². The third-order valence-electron chi connectivity index (χ3n) is 5.45. The van der Waals surface area contributed by atoms with E-state index in [1.54, 1.807) is 0 Å². The lowest BCUT2D eigenvalue weighted by atomic mass is 9.63. The minimum absolute atomic E-state index is 0.116. The molecule has 0 spiro atoms. The van der Waals surface area contributed by atoms with Crippen molar-refractivity contribution in [1.29, 1.82) is 0 Å². The molecule has 2 N–H and O–H groups in total. The van der Waals surface area contributed by atoms with Gasteiger partial charge in [0.25, 0.3) is 0 Å². The molecule has 1 amide bonds. The fourth-order valence-corrected chi connectivity index (χ4v) is 4.02. The van der Waals surface area contributed by atoms with Gasteiger partial charge in [0.05, 0.1) is 11.3 Å². The van der Waals surface area contributed by atoms with Crippen molar-refractivity contribution in [3.63, 3.8) is 0 Å². The number of hydrogen-bond donors (Lipinski definition) is 2. The quantitative estimate of drug-likeness (QED) is 0.838. The van der Waals surface area contributed by atoms with E-state index in [1.807, 2.05) is 24.3 Å². The van der Waals surface area contributed by atoms with E-state index in [2.05, 4.69) is 21.2 Å². The summed E-state index contributed by atoms with van der Waals surface area (Å²) in [6.07, 6.45) is 5.71. The number of halogens is 1. The summed E-state index contributed by atoms with van der Waals surface area (Å²) < 4.78 is 1.02. The maximum absolute atomic E-state index is 12.9. The van der Waals surface area contributed by atoms with Gasteiger partial charge in [0, 0.05) is 10.5 Å². The van der Waals surface area contributed by atoms with Gasteiger partial charge in [-0.3, -0.25) is 9.59 Å². The van der Waals surface area contributed by atoms with Crippen LogP contribution in [0.3, 0.4) is 0 Å². The topological polar surface area (TPSA) is 66.4 Å². The van der Waals surface area contributed by atoms with Gasteiger partial charge in [0.1, 0.15) is 0 Å². The molecule has 0 saturated heterocycles. The van der Waals surface area contributed by atoms with Crippen LogP contribution < -0.4 is 5.32 Å². The summed E-state index contributed by atoms with van der Waals surface area (Å²) in [4.78, 5) is 23.9. The third-order valence-corrected chi connectivity index (χ3v) is 5.98. The summed E-state index contributed by atoms with van der Waals surface area (Å²) in [6, 6.07) is 8.15. The lowest BCUT2D eigenvalue weighted by Crippen LogP contribution is -2.52. The molecule has 2 aliphatic carbocycles. The van der Waals surface area contributed by atoms with Gasteiger partial charge in [-0.25, -0.2) is 0 Å². The largest absolute Gasteiger partial charge is 0.481 e. The Morgan fingerprint density at radius 2 is 1.70 bits per heavy atom. The number of carboxylic acid groups (broad SMARTS) is 1. The molecule has 0 aliphatic heterocycles. The molecule has 124 valence electrons. The first-order valence-electron chi connectivity index (χ1n) is 8.31. The van der Waals surface area contributed by atoms with Gasteiger partial charge in [-0.05, 0) is 56.2 Å². The summed E-state index contributed by atoms with van der Waals surface area (Å²) in [7, 11) is 0. The van der Waals surface area contributed by atoms with Crippen LogP contribution in [0, 0.1) is 5.92 Å². The average Bonchev–Trinajstić information content (AvgIpc) is 2.48. The Balaban J connectivity index is 1.65. The van der Waals surface area contributed by atoms with E-state index in [9.17, 15) is 9.59 Å². The highest BCUT2D eigenvalue weighted by Gasteiger charge is 2.46. The molecule has 0 radical (unpaired) electrons. The predicted octanol–water partition coefficient (Wildman–Crippen LogP) is 3.63. The van der Waals surface area contributed by atoms with E-state index < -0.39 is 5.97 Å². The molecule has 1 aromatic carbocycles. The molecular weight excluding hydrogens is 358 g/mol. The van der Waals surface area contributed by atoms with Crippen molar-refractivity contribution < 1.29 is 14.7 Å². The van der Waals surface area contributed by atoms with E-state index in [-0.39, 0.29) is 23.3 Å². The molecule has 2 aliphatic rings. The van der Waals surface area contributed by atoms with Crippen molar-refractivity contribution in [3.8, 4) is 0 Å². The van der Waals surface area contributed by atoms with Gasteiger partial charge < -0.3 is 10.4 Å².